The van der Waals surface area contributed by atoms with Gasteiger partial charge in [-0.1, -0.05) is 25.4 Å². The lowest BCUT2D eigenvalue weighted by Gasteiger charge is -2.34. The Morgan fingerprint density at radius 2 is 1.84 bits per heavy atom. The topological polar surface area (TPSA) is 80.3 Å². The molecule has 8 nitrogen and oxygen atoms in total. The Kier molecular flexibility index (Phi) is 11.1. The Balaban J connectivity index is 1.89. The van der Waals surface area contributed by atoms with Gasteiger partial charge in [0.2, 0.25) is 5.91 Å². The average molecular weight is 470 g/mol. The summed E-state index contributed by atoms with van der Waals surface area (Å²) >= 11 is 6.42. The summed E-state index contributed by atoms with van der Waals surface area (Å²) < 4.78 is 16.2. The maximum absolute atomic E-state index is 13.0. The zero-order chi connectivity index (χ0) is 23.5. The number of benzene rings is 1. The zero-order valence-electron chi connectivity index (χ0n) is 19.6. The van der Waals surface area contributed by atoms with Gasteiger partial charge in [-0.2, -0.15) is 0 Å². The average Bonchev–Trinajstić information content (AvgIpc) is 2.77. The minimum atomic E-state index is -0.109. The Labute approximate surface area is 196 Å². The second kappa shape index (κ2) is 13.5. The van der Waals surface area contributed by atoms with Gasteiger partial charge in [0.25, 0.3) is 5.91 Å². The van der Waals surface area contributed by atoms with Crippen molar-refractivity contribution in [2.75, 3.05) is 66.7 Å². The standard InChI is InChI=1S/C23H36ClN3O5/c1-17(2)6-13-32-22-19(24)14-18(15-20(22)31-4)23(29)27-10-8-26(9-11-27)16-21(28)25-7-5-12-30-3/h14-15,17H,5-13,16H2,1-4H3,(H,25,28). The van der Waals surface area contributed by atoms with Gasteiger partial charge in [-0.05, 0) is 30.9 Å². The van der Waals surface area contributed by atoms with Crippen molar-refractivity contribution in [1.82, 2.24) is 15.1 Å². The van der Waals surface area contributed by atoms with E-state index in [0.29, 0.717) is 80.5 Å². The molecule has 0 aromatic heterocycles. The van der Waals surface area contributed by atoms with Crippen molar-refractivity contribution < 1.29 is 23.8 Å². The molecule has 0 aliphatic carbocycles. The number of amides is 2. The van der Waals surface area contributed by atoms with Gasteiger partial charge in [-0.3, -0.25) is 14.5 Å². The molecular formula is C23H36ClN3O5. The van der Waals surface area contributed by atoms with E-state index in [0.717, 1.165) is 12.8 Å². The van der Waals surface area contributed by atoms with Crippen molar-refractivity contribution in [3.63, 3.8) is 0 Å². The molecule has 1 heterocycles. The second-order valence-corrected chi connectivity index (χ2v) is 8.69. The van der Waals surface area contributed by atoms with Crippen LogP contribution in [0.25, 0.3) is 0 Å². The maximum atomic E-state index is 13.0. The van der Waals surface area contributed by atoms with Crippen molar-refractivity contribution in [1.29, 1.82) is 0 Å². The van der Waals surface area contributed by atoms with E-state index in [-0.39, 0.29) is 11.8 Å². The van der Waals surface area contributed by atoms with Crippen molar-refractivity contribution >= 4 is 23.4 Å². The minimum absolute atomic E-state index is 0.00884. The van der Waals surface area contributed by atoms with E-state index in [1.165, 1.54) is 7.11 Å². The highest BCUT2D eigenvalue weighted by Gasteiger charge is 2.25. The molecule has 0 saturated carbocycles. The number of methoxy groups -OCH3 is 2. The van der Waals surface area contributed by atoms with Crippen molar-refractivity contribution in [3.05, 3.63) is 22.7 Å². The summed E-state index contributed by atoms with van der Waals surface area (Å²) in [5, 5.41) is 3.25. The first-order chi connectivity index (χ1) is 15.3. The van der Waals surface area contributed by atoms with Gasteiger partial charge in [0, 0.05) is 52.0 Å². The highest BCUT2D eigenvalue weighted by Crippen LogP contribution is 2.37. The van der Waals surface area contributed by atoms with Crippen LogP contribution in [-0.2, 0) is 9.53 Å². The molecule has 2 amide bonds. The molecule has 0 spiro atoms. The first-order valence-electron chi connectivity index (χ1n) is 11.1. The van der Waals surface area contributed by atoms with Gasteiger partial charge in [-0.25, -0.2) is 0 Å². The van der Waals surface area contributed by atoms with Crippen LogP contribution in [0.15, 0.2) is 12.1 Å². The van der Waals surface area contributed by atoms with Crippen LogP contribution in [0, 0.1) is 5.92 Å². The number of carbonyl (C=O) groups excluding carboxylic acids is 2. The number of hydrogen-bond acceptors (Lipinski definition) is 6. The lowest BCUT2D eigenvalue weighted by atomic mass is 10.1. The van der Waals surface area contributed by atoms with Crippen molar-refractivity contribution in [2.24, 2.45) is 5.92 Å². The summed E-state index contributed by atoms with van der Waals surface area (Å²) in [5.41, 5.74) is 0.465. The highest BCUT2D eigenvalue weighted by molar-refractivity contribution is 6.32. The summed E-state index contributed by atoms with van der Waals surface area (Å²) in [5.74, 6) is 1.31. The lowest BCUT2D eigenvalue weighted by molar-refractivity contribution is -0.122. The molecular weight excluding hydrogens is 434 g/mol. The number of carbonyl (C=O) groups is 2. The molecule has 1 aliphatic rings. The van der Waals surface area contributed by atoms with Gasteiger partial charge in [0.05, 0.1) is 25.3 Å². The minimum Gasteiger partial charge on any atom is -0.493 e. The number of ether oxygens (including phenoxy) is 3. The number of nitrogens with zero attached hydrogens (tertiary/aromatic N) is 2. The van der Waals surface area contributed by atoms with Crippen LogP contribution in [0.5, 0.6) is 11.5 Å². The number of rotatable bonds is 12. The van der Waals surface area contributed by atoms with Crippen LogP contribution >= 0.6 is 11.6 Å². The largest absolute Gasteiger partial charge is 0.493 e. The van der Waals surface area contributed by atoms with E-state index < -0.39 is 0 Å². The monoisotopic (exact) mass is 469 g/mol. The quantitative estimate of drug-likeness (QED) is 0.474. The van der Waals surface area contributed by atoms with E-state index in [1.807, 2.05) is 0 Å². The van der Waals surface area contributed by atoms with E-state index in [9.17, 15) is 9.59 Å². The van der Waals surface area contributed by atoms with Crippen molar-refractivity contribution in [3.8, 4) is 11.5 Å². The van der Waals surface area contributed by atoms with E-state index >= 15 is 0 Å². The third-order valence-electron chi connectivity index (χ3n) is 5.29. The second-order valence-electron chi connectivity index (χ2n) is 8.29. The fraction of sp³-hybridized carbons (Fsp3) is 0.652. The van der Waals surface area contributed by atoms with Crippen LogP contribution in [0.4, 0.5) is 0 Å². The van der Waals surface area contributed by atoms with E-state index in [2.05, 4.69) is 24.1 Å². The third-order valence-corrected chi connectivity index (χ3v) is 5.57. The Hall–Kier alpha value is -2.03. The molecule has 1 aliphatic heterocycles. The molecule has 0 bridgehead atoms. The molecule has 2 rings (SSSR count). The van der Waals surface area contributed by atoms with Crippen LogP contribution in [0.2, 0.25) is 5.02 Å². The van der Waals surface area contributed by atoms with E-state index in [4.69, 9.17) is 25.8 Å². The Bertz CT molecular complexity index is 751. The van der Waals surface area contributed by atoms with Crippen LogP contribution in [0.3, 0.4) is 0 Å². The molecule has 0 atom stereocenters. The SMILES string of the molecule is COCCCNC(=O)CN1CCN(C(=O)c2cc(Cl)c(OCCC(C)C)c(OC)c2)CC1. The van der Waals surface area contributed by atoms with Crippen molar-refractivity contribution in [2.45, 2.75) is 26.7 Å². The normalized spacial score (nSPS) is 14.5. The summed E-state index contributed by atoms with van der Waals surface area (Å²) in [6.45, 7) is 8.70. The fourth-order valence-corrected chi connectivity index (χ4v) is 3.64. The van der Waals surface area contributed by atoms with E-state index in [1.54, 1.807) is 24.1 Å². The summed E-state index contributed by atoms with van der Waals surface area (Å²) in [6.07, 6.45) is 1.69. The molecule has 1 fully saturated rings. The van der Waals surface area contributed by atoms with Crippen LogP contribution < -0.4 is 14.8 Å². The third kappa shape index (κ3) is 8.15. The lowest BCUT2D eigenvalue weighted by Crippen LogP contribution is -2.51. The predicted octanol–water partition coefficient (Wildman–Crippen LogP) is 2.68. The highest BCUT2D eigenvalue weighted by atomic mass is 35.5. The number of hydrogen-bond donors (Lipinski definition) is 1. The maximum Gasteiger partial charge on any atom is 0.254 e. The summed E-state index contributed by atoms with van der Waals surface area (Å²) in [6, 6.07) is 3.32. The first kappa shape index (κ1) is 26.2. The number of halogens is 1. The first-order valence-corrected chi connectivity index (χ1v) is 11.5. The zero-order valence-corrected chi connectivity index (χ0v) is 20.4. The van der Waals surface area contributed by atoms with Gasteiger partial charge in [0.1, 0.15) is 0 Å². The van der Waals surface area contributed by atoms with Gasteiger partial charge >= 0.3 is 0 Å². The smallest absolute Gasteiger partial charge is 0.254 e. The molecule has 9 heteroatoms. The van der Waals surface area contributed by atoms with Crippen LogP contribution in [0.1, 0.15) is 37.0 Å². The van der Waals surface area contributed by atoms with Gasteiger partial charge < -0.3 is 24.4 Å². The molecule has 1 N–H and O–H groups in total. The molecule has 1 aromatic rings. The predicted molar refractivity (Wildman–Crippen MR) is 125 cm³/mol. The summed E-state index contributed by atoms with van der Waals surface area (Å²) in [4.78, 5) is 28.9. The molecule has 0 radical (unpaired) electrons. The fourth-order valence-electron chi connectivity index (χ4n) is 3.38. The molecule has 0 unspecified atom stereocenters. The molecule has 1 saturated heterocycles. The number of piperazine rings is 1. The molecule has 1 aromatic carbocycles. The van der Waals surface area contributed by atoms with Gasteiger partial charge in [-0.15, -0.1) is 0 Å². The van der Waals surface area contributed by atoms with Gasteiger partial charge in [0.15, 0.2) is 11.5 Å². The summed E-state index contributed by atoms with van der Waals surface area (Å²) in [7, 11) is 3.18. The molecule has 32 heavy (non-hydrogen) atoms. The molecule has 180 valence electrons. The Morgan fingerprint density at radius 1 is 1.12 bits per heavy atom. The number of nitrogens with one attached hydrogen (secondary N) is 1. The Morgan fingerprint density at radius 3 is 2.47 bits per heavy atom. The van der Waals surface area contributed by atoms with Crippen LogP contribution in [-0.4, -0.2) is 88.3 Å².